The molecule has 6 aromatic carbocycles. The quantitative estimate of drug-likeness (QED) is 0.118. The molecule has 5 atom stereocenters. The maximum absolute atomic E-state index is 14.7. The molecule has 0 aliphatic carbocycles. The third-order valence-electron chi connectivity index (χ3n) is 11.6. The Labute approximate surface area is 358 Å². The predicted octanol–water partition coefficient (Wildman–Crippen LogP) is 8.72. The summed E-state index contributed by atoms with van der Waals surface area (Å²) in [6.07, 6.45) is 1.19. The Balaban J connectivity index is 0.00000176. The summed E-state index contributed by atoms with van der Waals surface area (Å²) in [5, 5.41) is 1.59. The van der Waals surface area contributed by atoms with Crippen LogP contribution in [-0.2, 0) is 21.1 Å². The van der Waals surface area contributed by atoms with E-state index >= 15 is 0 Å². The maximum atomic E-state index is 14.7. The first-order valence-corrected chi connectivity index (χ1v) is 20.8. The molecular weight excluding hydrogens is 935 g/mol. The van der Waals surface area contributed by atoms with Crippen molar-refractivity contribution in [3.63, 3.8) is 0 Å². The molecule has 0 fully saturated rings. The van der Waals surface area contributed by atoms with Gasteiger partial charge in [-0.15, -0.1) is 6.42 Å². The Morgan fingerprint density at radius 1 is 0.390 bits per heavy atom. The Morgan fingerprint density at radius 3 is 0.983 bits per heavy atom. The van der Waals surface area contributed by atoms with Crippen LogP contribution < -0.4 is 22.2 Å². The summed E-state index contributed by atoms with van der Waals surface area (Å²) in [6, 6.07) is 53.1. The van der Waals surface area contributed by atoms with Crippen molar-refractivity contribution in [3.05, 3.63) is 254 Å². The van der Waals surface area contributed by atoms with E-state index in [1.807, 2.05) is 109 Å². The summed E-state index contributed by atoms with van der Waals surface area (Å²) in [7, 11) is -1.78. The second-order valence-electron chi connectivity index (χ2n) is 14.6. The van der Waals surface area contributed by atoms with Gasteiger partial charge in [0.15, 0.2) is 11.6 Å². The minimum atomic E-state index is -1.78. The normalized spacial score (nSPS) is 19.3. The summed E-state index contributed by atoms with van der Waals surface area (Å²) in [5.41, 5.74) is 2.95. The van der Waals surface area contributed by atoms with Gasteiger partial charge in [-0.05, 0) is 36.3 Å². The van der Waals surface area contributed by atoms with Gasteiger partial charge in [-0.2, -0.15) is 0 Å². The fourth-order valence-corrected chi connectivity index (χ4v) is 13.1. The Bertz CT molecular complexity index is 2600. The molecule has 0 spiro atoms. The molecule has 0 N–H and O–H groups in total. The summed E-state index contributed by atoms with van der Waals surface area (Å²) in [4.78, 5) is 58.7. The van der Waals surface area contributed by atoms with E-state index in [0.29, 0.717) is 34.1 Å². The first kappa shape index (κ1) is 41.5. The Hall–Kier alpha value is -5.68. The molecule has 4 heterocycles. The van der Waals surface area contributed by atoms with Crippen LogP contribution in [0.25, 0.3) is 21.5 Å². The third kappa shape index (κ3) is 6.63. The number of aromatic nitrogens is 4. The first-order valence-electron chi connectivity index (χ1n) is 19.0. The van der Waals surface area contributed by atoms with Crippen LogP contribution in [0.4, 0.5) is 0 Å². The molecule has 8 nitrogen and oxygen atoms in total. The monoisotopic (exact) mass is 977 g/mol. The Kier molecular flexibility index (Phi) is 11.9. The summed E-state index contributed by atoms with van der Waals surface area (Å²) >= 11 is 0. The van der Waals surface area contributed by atoms with E-state index in [0.717, 1.165) is 28.2 Å². The summed E-state index contributed by atoms with van der Waals surface area (Å²) in [5.74, 6) is 0.270. The molecule has 2 aliphatic rings. The van der Waals surface area contributed by atoms with Gasteiger partial charge >= 0.3 is 0 Å². The van der Waals surface area contributed by atoms with Crippen LogP contribution in [0.5, 0.6) is 0 Å². The van der Waals surface area contributed by atoms with Gasteiger partial charge in [-0.3, -0.25) is 34.5 Å². The van der Waals surface area contributed by atoms with Crippen molar-refractivity contribution in [2.75, 3.05) is 6.16 Å². The number of fused-ring (bicyclic) bond motifs is 4. The van der Waals surface area contributed by atoms with Crippen molar-refractivity contribution in [1.29, 1.82) is 0 Å². The van der Waals surface area contributed by atoms with E-state index in [1.54, 1.807) is 55.1 Å². The van der Waals surface area contributed by atoms with Crippen LogP contribution in [0.15, 0.2) is 189 Å². The topological polar surface area (TPSA) is 88.0 Å². The van der Waals surface area contributed by atoms with Crippen LogP contribution in [0.3, 0.4) is 0 Å². The van der Waals surface area contributed by atoms with E-state index in [1.165, 1.54) is 0 Å². The number of hydrogen-bond acceptors (Lipinski definition) is 4. The number of benzene rings is 6. The van der Waals surface area contributed by atoms with Gasteiger partial charge in [-0.25, -0.2) is 9.36 Å². The van der Waals surface area contributed by atoms with Gasteiger partial charge in [0.25, 0.3) is 22.2 Å². The predicted molar refractivity (Wildman–Crippen MR) is 237 cm³/mol. The van der Waals surface area contributed by atoms with Gasteiger partial charge in [0.05, 0.1) is 29.5 Å². The largest absolute Gasteiger partial charge is 0.358 e. The zero-order valence-electron chi connectivity index (χ0n) is 32.6. The second kappa shape index (κ2) is 16.9. The van der Waals surface area contributed by atoms with E-state index in [9.17, 15) is 19.2 Å². The molecular formula is C49H43N4O4PPt-2. The zero-order chi connectivity index (χ0) is 37.9. The smallest absolute Gasteiger partial charge is 0.277 e. The fraction of sp³-hybridized carbons (Fsp3) is 0.122. The molecule has 8 aromatic rings. The molecule has 2 aliphatic heterocycles. The number of hydrogen-bond donors (Lipinski definition) is 0. The zero-order valence-corrected chi connectivity index (χ0v) is 35.9. The molecule has 10 heteroatoms. The molecule has 0 saturated carbocycles. The van der Waals surface area contributed by atoms with Gasteiger partial charge in [0.2, 0.25) is 0 Å². The van der Waals surface area contributed by atoms with Crippen molar-refractivity contribution in [2.24, 2.45) is 0 Å². The molecule has 10 rings (SSSR count). The van der Waals surface area contributed by atoms with E-state index < -0.39 is 20.0 Å². The minimum Gasteiger partial charge on any atom is -0.358 e. The summed E-state index contributed by atoms with van der Waals surface area (Å²) in [6.45, 7) is 0. The van der Waals surface area contributed by atoms with E-state index in [4.69, 9.17) is 0 Å². The van der Waals surface area contributed by atoms with Crippen molar-refractivity contribution < 1.29 is 21.1 Å². The second-order valence-corrected chi connectivity index (χ2v) is 17.3. The van der Waals surface area contributed by atoms with E-state index in [2.05, 4.69) is 24.3 Å². The van der Waals surface area contributed by atoms with Gasteiger partial charge < -0.3 is 14.9 Å². The third-order valence-corrected chi connectivity index (χ3v) is 15.0. The number of nitrogens with zero attached hydrogens (tertiary/aromatic N) is 4. The van der Waals surface area contributed by atoms with E-state index in [-0.39, 0.29) is 69.7 Å². The standard InChI is InChI=1S/C47H36N4O4P.2CH3.Pt/c52-42-35-25-13-14-26-36(35)43(53)49-41(32-19-7-2-8-20-32)39(40(48(42)49)31-17-5-1-6-18-31)29-30-56-46(33-21-9-3-10-22-33)50-44(54)37-27-15-16-28-38(37)45(55)51(50)47(56)34-23-11-4-12-24-34;;;/h1-28,40-41,46-47H,29-30H2;2*1H3;/q3*-1;/p+1/t40-,41?,46+,47?,56?;;;/m1.../s1. The molecule has 0 bridgehead atoms. The molecule has 300 valence electrons. The van der Waals surface area contributed by atoms with Crippen LogP contribution >= 0.6 is 7.92 Å². The van der Waals surface area contributed by atoms with Crippen LogP contribution in [-0.4, -0.2) is 24.9 Å². The maximum Gasteiger partial charge on any atom is 0.277 e. The van der Waals surface area contributed by atoms with Gasteiger partial charge in [0, 0.05) is 38.4 Å². The van der Waals surface area contributed by atoms with Crippen molar-refractivity contribution >= 4 is 29.5 Å². The minimum absolute atomic E-state index is 0. The molecule has 3 unspecified atom stereocenters. The average Bonchev–Trinajstić information content (AvgIpc) is 3.79. The van der Waals surface area contributed by atoms with Gasteiger partial charge in [-0.1, -0.05) is 157 Å². The Morgan fingerprint density at radius 2 is 0.661 bits per heavy atom. The van der Waals surface area contributed by atoms with Crippen LogP contribution in [0, 0.1) is 20.8 Å². The van der Waals surface area contributed by atoms with Crippen molar-refractivity contribution in [1.82, 2.24) is 18.7 Å². The first-order chi connectivity index (χ1) is 27.5. The van der Waals surface area contributed by atoms with Gasteiger partial charge in [0.1, 0.15) is 0 Å². The average molecular weight is 978 g/mol. The van der Waals surface area contributed by atoms with Crippen molar-refractivity contribution in [2.45, 2.75) is 30.1 Å². The van der Waals surface area contributed by atoms with Crippen LogP contribution in [0.1, 0.15) is 52.3 Å². The molecule has 0 amide bonds. The molecule has 2 aromatic heterocycles. The van der Waals surface area contributed by atoms with Crippen molar-refractivity contribution in [3.8, 4) is 0 Å². The molecule has 0 radical (unpaired) electrons. The molecule has 0 saturated heterocycles. The van der Waals surface area contributed by atoms with Crippen LogP contribution in [0.2, 0.25) is 0 Å². The number of rotatable bonds is 7. The molecule has 59 heavy (non-hydrogen) atoms. The SMILES string of the molecule is O=c1c2ccccc2c(=O)n2n1C(c1ccccc1)[C-](CC[PH+]1C(c3ccccc3)n3c(=O)c4ccccc4c(=O)n3[C@@H]1c1ccccc1)[C@H]2c1ccccc1.[CH3-].[CH3-].[Pt]. The summed E-state index contributed by atoms with van der Waals surface area (Å²) < 4.78 is 6.84. The fourth-order valence-electron chi connectivity index (χ4n) is 9.29.